The average Bonchev–Trinajstić information content (AvgIpc) is 2.32. The molecule has 0 aromatic carbocycles. The van der Waals surface area contributed by atoms with Gasteiger partial charge in [-0.3, -0.25) is 4.79 Å². The van der Waals surface area contributed by atoms with Gasteiger partial charge in [0.05, 0.1) is 0 Å². The van der Waals surface area contributed by atoms with E-state index in [4.69, 9.17) is 0 Å². The zero-order valence-electron chi connectivity index (χ0n) is 12.0. The first-order valence-corrected chi connectivity index (χ1v) is 7.21. The molecule has 0 aromatic rings. The van der Waals surface area contributed by atoms with E-state index in [0.717, 1.165) is 24.7 Å². The predicted octanol–water partition coefficient (Wildman–Crippen LogP) is 4.48. The van der Waals surface area contributed by atoms with Crippen molar-refractivity contribution >= 4 is 12.1 Å². The molecular formula is C16H28O2. The number of unbranched alkanes of at least 4 members (excludes halogenated alkanes) is 5. The number of hydrogen-bond acceptors (Lipinski definition) is 2. The van der Waals surface area contributed by atoms with Gasteiger partial charge in [-0.2, -0.15) is 0 Å². The molecule has 18 heavy (non-hydrogen) atoms. The lowest BCUT2D eigenvalue weighted by molar-refractivity contribution is -0.122. The Morgan fingerprint density at radius 2 is 1.72 bits per heavy atom. The quantitative estimate of drug-likeness (QED) is 0.291. The molecule has 0 N–H and O–H groups in total. The van der Waals surface area contributed by atoms with E-state index in [1.54, 1.807) is 0 Å². The van der Waals surface area contributed by atoms with Gasteiger partial charge in [0.1, 0.15) is 12.1 Å². The summed E-state index contributed by atoms with van der Waals surface area (Å²) < 4.78 is 0. The van der Waals surface area contributed by atoms with E-state index in [0.29, 0.717) is 19.3 Å². The third-order valence-electron chi connectivity index (χ3n) is 3.10. The molecule has 0 bridgehead atoms. The summed E-state index contributed by atoms with van der Waals surface area (Å²) in [5, 5.41) is 0. The topological polar surface area (TPSA) is 34.1 Å². The van der Waals surface area contributed by atoms with Gasteiger partial charge in [0.15, 0.2) is 0 Å². The highest BCUT2D eigenvalue weighted by Gasteiger charge is 2.12. The van der Waals surface area contributed by atoms with E-state index in [2.05, 4.69) is 13.5 Å². The van der Waals surface area contributed by atoms with Crippen LogP contribution in [0.4, 0.5) is 0 Å². The lowest BCUT2D eigenvalue weighted by atomic mass is 9.95. The summed E-state index contributed by atoms with van der Waals surface area (Å²) in [6.45, 7) is 7.88. The number of aldehydes is 1. The van der Waals surface area contributed by atoms with Crippen molar-refractivity contribution in [3.8, 4) is 0 Å². The summed E-state index contributed by atoms with van der Waals surface area (Å²) in [4.78, 5) is 22.5. The van der Waals surface area contributed by atoms with Crippen LogP contribution in [0.3, 0.4) is 0 Å². The normalized spacial score (nSPS) is 12.1. The standard InChI is InChI=1S/C16H28O2/c1-4-5-6-7-8-9-10-16(18)12-15(13-17)11-14(2)3/h13,15H,2,4-12H2,1,3H3. The van der Waals surface area contributed by atoms with Crippen molar-refractivity contribution in [2.45, 2.75) is 71.6 Å². The highest BCUT2D eigenvalue weighted by molar-refractivity contribution is 5.81. The van der Waals surface area contributed by atoms with Crippen molar-refractivity contribution in [1.82, 2.24) is 0 Å². The molecule has 0 aliphatic rings. The first kappa shape index (κ1) is 17.1. The molecule has 0 rings (SSSR count). The third-order valence-corrected chi connectivity index (χ3v) is 3.10. The van der Waals surface area contributed by atoms with Gasteiger partial charge in [-0.1, -0.05) is 44.6 Å². The van der Waals surface area contributed by atoms with Crippen molar-refractivity contribution in [2.75, 3.05) is 0 Å². The number of allylic oxidation sites excluding steroid dienone is 1. The Kier molecular flexibility index (Phi) is 10.6. The Hall–Kier alpha value is -0.920. The molecule has 1 atom stereocenters. The Bertz CT molecular complexity index is 256. The summed E-state index contributed by atoms with van der Waals surface area (Å²) in [5.74, 6) is 0.0685. The van der Waals surface area contributed by atoms with Crippen LogP contribution in [-0.4, -0.2) is 12.1 Å². The molecule has 0 fully saturated rings. The van der Waals surface area contributed by atoms with E-state index in [1.165, 1.54) is 25.7 Å². The Labute approximate surface area is 112 Å². The summed E-state index contributed by atoms with van der Waals surface area (Å²) in [7, 11) is 0. The molecule has 0 radical (unpaired) electrons. The van der Waals surface area contributed by atoms with Crippen molar-refractivity contribution < 1.29 is 9.59 Å². The second-order valence-electron chi connectivity index (χ2n) is 5.32. The Morgan fingerprint density at radius 3 is 2.28 bits per heavy atom. The minimum absolute atomic E-state index is 0.157. The fourth-order valence-electron chi connectivity index (χ4n) is 2.11. The van der Waals surface area contributed by atoms with Crippen LogP contribution in [0, 0.1) is 5.92 Å². The highest BCUT2D eigenvalue weighted by Crippen LogP contribution is 2.15. The van der Waals surface area contributed by atoms with Gasteiger partial charge in [-0.25, -0.2) is 0 Å². The number of rotatable bonds is 12. The zero-order valence-corrected chi connectivity index (χ0v) is 12.0. The molecule has 0 amide bonds. The molecule has 0 heterocycles. The van der Waals surface area contributed by atoms with E-state index >= 15 is 0 Å². The Balaban J connectivity index is 3.62. The second kappa shape index (κ2) is 11.2. The van der Waals surface area contributed by atoms with E-state index in [-0.39, 0.29) is 11.7 Å². The molecule has 0 aliphatic heterocycles. The zero-order chi connectivity index (χ0) is 13.8. The summed E-state index contributed by atoms with van der Waals surface area (Å²) >= 11 is 0. The molecular weight excluding hydrogens is 224 g/mol. The number of carbonyl (C=O) groups is 2. The number of carbonyl (C=O) groups excluding carboxylic acids is 2. The maximum absolute atomic E-state index is 11.7. The lowest BCUT2D eigenvalue weighted by Gasteiger charge is -2.08. The van der Waals surface area contributed by atoms with Gasteiger partial charge in [-0.05, 0) is 19.8 Å². The average molecular weight is 252 g/mol. The third kappa shape index (κ3) is 10.2. The maximum atomic E-state index is 11.7. The summed E-state index contributed by atoms with van der Waals surface area (Å²) in [6.07, 6.45) is 9.72. The smallest absolute Gasteiger partial charge is 0.133 e. The fraction of sp³-hybridized carbons (Fsp3) is 0.750. The lowest BCUT2D eigenvalue weighted by Crippen LogP contribution is -2.10. The van der Waals surface area contributed by atoms with Gasteiger partial charge in [0.25, 0.3) is 0 Å². The largest absolute Gasteiger partial charge is 0.303 e. The fourth-order valence-corrected chi connectivity index (χ4v) is 2.11. The van der Waals surface area contributed by atoms with Crippen LogP contribution in [-0.2, 0) is 9.59 Å². The first-order valence-electron chi connectivity index (χ1n) is 7.21. The molecule has 0 aliphatic carbocycles. The van der Waals surface area contributed by atoms with Crippen LogP contribution in [0.5, 0.6) is 0 Å². The van der Waals surface area contributed by atoms with Gasteiger partial charge in [0.2, 0.25) is 0 Å². The van der Waals surface area contributed by atoms with Crippen LogP contribution < -0.4 is 0 Å². The minimum atomic E-state index is -0.157. The molecule has 2 nitrogen and oxygen atoms in total. The van der Waals surface area contributed by atoms with Gasteiger partial charge in [-0.15, -0.1) is 6.58 Å². The van der Waals surface area contributed by atoms with Crippen LogP contribution in [0.15, 0.2) is 12.2 Å². The number of hydrogen-bond donors (Lipinski definition) is 0. The van der Waals surface area contributed by atoms with Crippen molar-refractivity contribution in [3.05, 3.63) is 12.2 Å². The molecule has 0 spiro atoms. The first-order chi connectivity index (χ1) is 8.60. The van der Waals surface area contributed by atoms with Crippen LogP contribution >= 0.6 is 0 Å². The van der Waals surface area contributed by atoms with Crippen molar-refractivity contribution in [2.24, 2.45) is 5.92 Å². The molecule has 2 heteroatoms. The Morgan fingerprint density at radius 1 is 1.11 bits per heavy atom. The van der Waals surface area contributed by atoms with E-state index < -0.39 is 0 Å². The second-order valence-corrected chi connectivity index (χ2v) is 5.32. The van der Waals surface area contributed by atoms with E-state index in [1.807, 2.05) is 6.92 Å². The summed E-state index contributed by atoms with van der Waals surface area (Å²) in [6, 6.07) is 0. The number of Topliss-reactive ketones (excluding diaryl/α,β-unsaturated/α-hetero) is 1. The minimum Gasteiger partial charge on any atom is -0.303 e. The highest BCUT2D eigenvalue weighted by atomic mass is 16.1. The van der Waals surface area contributed by atoms with Crippen LogP contribution in [0.25, 0.3) is 0 Å². The number of ketones is 1. The molecule has 104 valence electrons. The van der Waals surface area contributed by atoms with Crippen LogP contribution in [0.1, 0.15) is 71.6 Å². The molecule has 0 saturated heterocycles. The van der Waals surface area contributed by atoms with Gasteiger partial charge in [0, 0.05) is 18.8 Å². The van der Waals surface area contributed by atoms with Crippen LogP contribution in [0.2, 0.25) is 0 Å². The van der Waals surface area contributed by atoms with Gasteiger partial charge >= 0.3 is 0 Å². The predicted molar refractivity (Wildman–Crippen MR) is 76.6 cm³/mol. The van der Waals surface area contributed by atoms with Gasteiger partial charge < -0.3 is 4.79 Å². The monoisotopic (exact) mass is 252 g/mol. The van der Waals surface area contributed by atoms with E-state index in [9.17, 15) is 9.59 Å². The molecule has 0 aromatic heterocycles. The maximum Gasteiger partial charge on any atom is 0.133 e. The summed E-state index contributed by atoms with van der Waals surface area (Å²) in [5.41, 5.74) is 0.972. The SMILES string of the molecule is C=C(C)CC(C=O)CC(=O)CCCCCCCC. The van der Waals surface area contributed by atoms with Crippen molar-refractivity contribution in [1.29, 1.82) is 0 Å². The van der Waals surface area contributed by atoms with Crippen molar-refractivity contribution in [3.63, 3.8) is 0 Å². The molecule has 1 unspecified atom stereocenters. The molecule has 0 saturated carbocycles.